The molecule has 1 aromatic carbocycles. The quantitative estimate of drug-likeness (QED) is 0.864. The van der Waals surface area contributed by atoms with Gasteiger partial charge in [-0.3, -0.25) is 0 Å². The highest BCUT2D eigenvalue weighted by atomic mass is 15.2. The van der Waals surface area contributed by atoms with Crippen molar-refractivity contribution < 1.29 is 0 Å². The Bertz CT molecular complexity index is 334. The van der Waals surface area contributed by atoms with Crippen LogP contribution < -0.4 is 5.73 Å². The number of rotatable bonds is 4. The molecule has 0 saturated carbocycles. The van der Waals surface area contributed by atoms with Crippen LogP contribution in [-0.2, 0) is 0 Å². The third-order valence-corrected chi connectivity index (χ3v) is 3.93. The van der Waals surface area contributed by atoms with Gasteiger partial charge in [0.15, 0.2) is 0 Å². The van der Waals surface area contributed by atoms with Gasteiger partial charge in [-0.25, -0.2) is 0 Å². The summed E-state index contributed by atoms with van der Waals surface area (Å²) in [5, 5.41) is 0. The topological polar surface area (TPSA) is 29.3 Å². The molecule has 0 amide bonds. The fourth-order valence-corrected chi connectivity index (χ4v) is 2.66. The maximum atomic E-state index is 6.25. The Morgan fingerprint density at radius 3 is 2.59 bits per heavy atom. The number of nitrogens with two attached hydrogens (primary N) is 1. The number of likely N-dealkylation sites (tertiary alicyclic amines) is 1. The molecule has 1 aromatic rings. The minimum Gasteiger partial charge on any atom is -0.323 e. The van der Waals surface area contributed by atoms with Crippen LogP contribution in [0.25, 0.3) is 0 Å². The molecule has 0 radical (unpaired) electrons. The van der Waals surface area contributed by atoms with Crippen molar-refractivity contribution in [1.29, 1.82) is 0 Å². The molecule has 1 saturated heterocycles. The molecule has 2 atom stereocenters. The van der Waals surface area contributed by atoms with E-state index in [2.05, 4.69) is 43.0 Å². The molecule has 1 aliphatic heterocycles. The average Bonchev–Trinajstić information content (AvgIpc) is 2.79. The van der Waals surface area contributed by atoms with E-state index >= 15 is 0 Å². The molecule has 0 spiro atoms. The van der Waals surface area contributed by atoms with Gasteiger partial charge in [0, 0.05) is 19.1 Å². The molecule has 2 rings (SSSR count). The van der Waals surface area contributed by atoms with E-state index in [-0.39, 0.29) is 6.04 Å². The Morgan fingerprint density at radius 1 is 1.29 bits per heavy atom. The van der Waals surface area contributed by atoms with Crippen LogP contribution in [0.3, 0.4) is 0 Å². The zero-order chi connectivity index (χ0) is 12.3. The van der Waals surface area contributed by atoms with Gasteiger partial charge < -0.3 is 10.6 Å². The molecule has 0 bridgehead atoms. The van der Waals surface area contributed by atoms with Crippen molar-refractivity contribution in [3.05, 3.63) is 35.9 Å². The zero-order valence-corrected chi connectivity index (χ0v) is 11.0. The number of benzene rings is 1. The minimum absolute atomic E-state index is 0.155. The van der Waals surface area contributed by atoms with Crippen LogP contribution in [0.15, 0.2) is 30.3 Å². The summed E-state index contributed by atoms with van der Waals surface area (Å²) < 4.78 is 0. The Hall–Kier alpha value is -0.860. The summed E-state index contributed by atoms with van der Waals surface area (Å²) in [7, 11) is 0. The molecular formula is C15H24N2. The van der Waals surface area contributed by atoms with Gasteiger partial charge in [-0.1, -0.05) is 44.2 Å². The normalized spacial score (nSPS) is 23.2. The van der Waals surface area contributed by atoms with Crippen LogP contribution in [0.4, 0.5) is 0 Å². The summed E-state index contributed by atoms with van der Waals surface area (Å²) in [5.74, 6) is 1.66. The predicted octanol–water partition coefficient (Wildman–Crippen LogP) is 2.66. The first-order valence-corrected chi connectivity index (χ1v) is 6.69. The largest absolute Gasteiger partial charge is 0.323 e. The van der Waals surface area contributed by atoms with Crippen LogP contribution in [0.1, 0.15) is 31.9 Å². The van der Waals surface area contributed by atoms with E-state index in [9.17, 15) is 0 Å². The Balaban J connectivity index is 1.86. The highest BCUT2D eigenvalue weighted by Crippen LogP contribution is 2.24. The Labute approximate surface area is 105 Å². The molecule has 1 fully saturated rings. The molecule has 2 unspecified atom stereocenters. The Morgan fingerprint density at radius 2 is 2.00 bits per heavy atom. The lowest BCUT2D eigenvalue weighted by Gasteiger charge is -2.22. The van der Waals surface area contributed by atoms with Crippen molar-refractivity contribution in [1.82, 2.24) is 4.90 Å². The molecule has 17 heavy (non-hydrogen) atoms. The van der Waals surface area contributed by atoms with E-state index in [4.69, 9.17) is 5.73 Å². The lowest BCUT2D eigenvalue weighted by molar-refractivity contribution is 0.287. The van der Waals surface area contributed by atoms with Crippen molar-refractivity contribution in [2.24, 2.45) is 17.6 Å². The third-order valence-electron chi connectivity index (χ3n) is 3.93. The van der Waals surface area contributed by atoms with E-state index in [1.807, 2.05) is 6.07 Å². The van der Waals surface area contributed by atoms with Crippen LogP contribution in [0, 0.1) is 11.8 Å². The van der Waals surface area contributed by atoms with Crippen LogP contribution in [0.2, 0.25) is 0 Å². The molecule has 1 aliphatic rings. The maximum absolute atomic E-state index is 6.25. The van der Waals surface area contributed by atoms with Crippen molar-refractivity contribution in [2.75, 3.05) is 19.6 Å². The fraction of sp³-hybridized carbons (Fsp3) is 0.600. The third kappa shape index (κ3) is 3.30. The minimum atomic E-state index is 0.155. The van der Waals surface area contributed by atoms with Crippen LogP contribution in [0.5, 0.6) is 0 Å². The van der Waals surface area contributed by atoms with E-state index < -0.39 is 0 Å². The first-order valence-electron chi connectivity index (χ1n) is 6.69. The molecule has 1 heterocycles. The summed E-state index contributed by atoms with van der Waals surface area (Å²) in [6.07, 6.45) is 1.33. The second-order valence-electron chi connectivity index (χ2n) is 5.57. The van der Waals surface area contributed by atoms with Crippen molar-refractivity contribution in [3.63, 3.8) is 0 Å². The van der Waals surface area contributed by atoms with Gasteiger partial charge in [0.2, 0.25) is 0 Å². The molecule has 94 valence electrons. The number of hydrogen-bond donors (Lipinski definition) is 1. The summed E-state index contributed by atoms with van der Waals surface area (Å²) in [6, 6.07) is 10.6. The summed E-state index contributed by atoms with van der Waals surface area (Å²) in [4.78, 5) is 2.52. The molecule has 2 N–H and O–H groups in total. The highest BCUT2D eigenvalue weighted by molar-refractivity contribution is 5.18. The summed E-state index contributed by atoms with van der Waals surface area (Å²) in [6.45, 7) is 8.07. The molecule has 0 aromatic heterocycles. The predicted molar refractivity (Wildman–Crippen MR) is 72.8 cm³/mol. The molecule has 0 aliphatic carbocycles. The lowest BCUT2D eigenvalue weighted by atomic mass is 9.95. The smallest absolute Gasteiger partial charge is 0.0424 e. The van der Waals surface area contributed by atoms with E-state index in [1.165, 1.54) is 25.1 Å². The summed E-state index contributed by atoms with van der Waals surface area (Å²) in [5.41, 5.74) is 7.51. The van der Waals surface area contributed by atoms with Gasteiger partial charge in [-0.05, 0) is 30.4 Å². The molecule has 2 heteroatoms. The lowest BCUT2D eigenvalue weighted by Crippen LogP contribution is -2.31. The van der Waals surface area contributed by atoms with Gasteiger partial charge in [0.05, 0.1) is 0 Å². The molecular weight excluding hydrogens is 208 g/mol. The highest BCUT2D eigenvalue weighted by Gasteiger charge is 2.25. The monoisotopic (exact) mass is 232 g/mol. The maximum Gasteiger partial charge on any atom is 0.0424 e. The summed E-state index contributed by atoms with van der Waals surface area (Å²) >= 11 is 0. The van der Waals surface area contributed by atoms with E-state index in [0.29, 0.717) is 0 Å². The van der Waals surface area contributed by atoms with Gasteiger partial charge in [-0.15, -0.1) is 0 Å². The van der Waals surface area contributed by atoms with Crippen LogP contribution in [-0.4, -0.2) is 24.5 Å². The SMILES string of the molecule is CC(C)C1CCN(CC(N)c2ccccc2)C1. The van der Waals surface area contributed by atoms with Crippen molar-refractivity contribution in [2.45, 2.75) is 26.3 Å². The number of hydrogen-bond acceptors (Lipinski definition) is 2. The first kappa shape index (κ1) is 12.6. The van der Waals surface area contributed by atoms with Gasteiger partial charge in [0.25, 0.3) is 0 Å². The number of nitrogens with zero attached hydrogens (tertiary/aromatic N) is 1. The van der Waals surface area contributed by atoms with Crippen LogP contribution >= 0.6 is 0 Å². The second-order valence-corrected chi connectivity index (χ2v) is 5.57. The van der Waals surface area contributed by atoms with Gasteiger partial charge in [-0.2, -0.15) is 0 Å². The van der Waals surface area contributed by atoms with E-state index in [0.717, 1.165) is 18.4 Å². The van der Waals surface area contributed by atoms with E-state index in [1.54, 1.807) is 0 Å². The average molecular weight is 232 g/mol. The van der Waals surface area contributed by atoms with Gasteiger partial charge in [0.1, 0.15) is 0 Å². The Kier molecular flexibility index (Phi) is 4.19. The fourth-order valence-electron chi connectivity index (χ4n) is 2.66. The standard InChI is InChI=1S/C15H24N2/c1-12(2)14-8-9-17(10-14)11-15(16)13-6-4-3-5-7-13/h3-7,12,14-15H,8-11,16H2,1-2H3. The first-order chi connectivity index (χ1) is 8.16. The second kappa shape index (κ2) is 5.65. The van der Waals surface area contributed by atoms with Crippen molar-refractivity contribution in [3.8, 4) is 0 Å². The van der Waals surface area contributed by atoms with Crippen molar-refractivity contribution >= 4 is 0 Å². The molecule has 2 nitrogen and oxygen atoms in total. The van der Waals surface area contributed by atoms with Gasteiger partial charge >= 0.3 is 0 Å². The zero-order valence-electron chi connectivity index (χ0n) is 11.0.